The summed E-state index contributed by atoms with van der Waals surface area (Å²) in [5, 5.41) is 0. The van der Waals surface area contributed by atoms with Gasteiger partial charge in [-0.25, -0.2) is 4.39 Å². The molecule has 0 aromatic heterocycles. The molecule has 82 valence electrons. The van der Waals surface area contributed by atoms with E-state index < -0.39 is 0 Å². The van der Waals surface area contributed by atoms with Gasteiger partial charge >= 0.3 is 0 Å². The fraction of sp³-hybridized carbons (Fsp3) is 0.455. The Labute approximate surface area is 97.8 Å². The number of hydrogen-bond acceptors (Lipinski definition) is 2. The van der Waals surface area contributed by atoms with Crippen molar-refractivity contribution in [3.8, 4) is 0 Å². The van der Waals surface area contributed by atoms with Crippen LogP contribution < -0.4 is 4.90 Å². The molecule has 2 rings (SSSR count). The zero-order valence-corrected chi connectivity index (χ0v) is 10.3. The average Bonchev–Trinajstić information content (AvgIpc) is 2.24. The van der Waals surface area contributed by atoms with Crippen molar-refractivity contribution >= 4 is 21.6 Å². The summed E-state index contributed by atoms with van der Waals surface area (Å²) in [5.41, 5.74) is 0.961. The van der Waals surface area contributed by atoms with E-state index in [1.807, 2.05) is 6.07 Å². The Bertz CT molecular complexity index is 348. The van der Waals surface area contributed by atoms with E-state index in [2.05, 4.69) is 32.8 Å². The van der Waals surface area contributed by atoms with Crippen molar-refractivity contribution in [2.24, 2.45) is 0 Å². The predicted molar refractivity (Wildman–Crippen MR) is 63.8 cm³/mol. The third-order valence-electron chi connectivity index (χ3n) is 2.78. The van der Waals surface area contributed by atoms with Gasteiger partial charge in [0.05, 0.1) is 10.2 Å². The number of anilines is 1. The van der Waals surface area contributed by atoms with E-state index in [-0.39, 0.29) is 5.82 Å². The second-order valence-corrected chi connectivity index (χ2v) is 4.66. The molecular weight excluding hydrogens is 259 g/mol. The highest BCUT2D eigenvalue weighted by Gasteiger charge is 2.17. The largest absolute Gasteiger partial charge is 0.368 e. The average molecular weight is 273 g/mol. The molecule has 0 aliphatic carbocycles. The lowest BCUT2D eigenvalue weighted by Crippen LogP contribution is -2.44. The number of piperazine rings is 1. The van der Waals surface area contributed by atoms with E-state index in [1.54, 1.807) is 6.07 Å². The number of halogens is 2. The Morgan fingerprint density at radius 2 is 1.87 bits per heavy atom. The number of rotatable bonds is 1. The molecule has 0 N–H and O–H groups in total. The molecule has 15 heavy (non-hydrogen) atoms. The summed E-state index contributed by atoms with van der Waals surface area (Å²) in [6, 6.07) is 5.19. The molecule has 0 radical (unpaired) electrons. The highest BCUT2D eigenvalue weighted by atomic mass is 79.9. The van der Waals surface area contributed by atoms with Gasteiger partial charge in [-0.2, -0.15) is 0 Å². The first-order valence-electron chi connectivity index (χ1n) is 5.06. The number of benzene rings is 1. The molecule has 0 spiro atoms. The number of hydrogen-bond donors (Lipinski definition) is 0. The van der Waals surface area contributed by atoms with Gasteiger partial charge in [0.15, 0.2) is 0 Å². The summed E-state index contributed by atoms with van der Waals surface area (Å²) in [4.78, 5) is 4.50. The molecule has 1 heterocycles. The predicted octanol–water partition coefficient (Wildman–Crippen LogP) is 2.34. The summed E-state index contributed by atoms with van der Waals surface area (Å²) < 4.78 is 13.9. The first kappa shape index (κ1) is 10.9. The summed E-state index contributed by atoms with van der Waals surface area (Å²) in [6.45, 7) is 3.98. The maximum atomic E-state index is 13.3. The van der Waals surface area contributed by atoms with Crippen LogP contribution in [-0.2, 0) is 0 Å². The van der Waals surface area contributed by atoms with Gasteiger partial charge in [0.25, 0.3) is 0 Å². The van der Waals surface area contributed by atoms with E-state index >= 15 is 0 Å². The minimum Gasteiger partial charge on any atom is -0.368 e. The van der Waals surface area contributed by atoms with Gasteiger partial charge in [0.2, 0.25) is 0 Å². The van der Waals surface area contributed by atoms with Crippen LogP contribution in [-0.4, -0.2) is 38.1 Å². The molecule has 0 saturated carbocycles. The van der Waals surface area contributed by atoms with E-state index in [1.165, 1.54) is 6.07 Å². The number of nitrogens with zero attached hydrogens (tertiary/aromatic N) is 2. The van der Waals surface area contributed by atoms with Crippen LogP contribution in [0.4, 0.5) is 10.1 Å². The minimum absolute atomic E-state index is 0.188. The highest BCUT2D eigenvalue weighted by Crippen LogP contribution is 2.29. The van der Waals surface area contributed by atoms with Crippen molar-refractivity contribution in [2.45, 2.75) is 0 Å². The van der Waals surface area contributed by atoms with Crippen molar-refractivity contribution < 1.29 is 4.39 Å². The first-order chi connectivity index (χ1) is 7.18. The van der Waals surface area contributed by atoms with Crippen molar-refractivity contribution in [2.75, 3.05) is 38.1 Å². The standard InChI is InChI=1S/C11H14BrFN2/c1-14-5-7-15(8-6-14)10-4-2-3-9(13)11(10)12/h2-4H,5-8H2,1H3. The molecule has 1 aliphatic heterocycles. The quantitative estimate of drug-likeness (QED) is 0.775. The highest BCUT2D eigenvalue weighted by molar-refractivity contribution is 9.10. The van der Waals surface area contributed by atoms with Crippen molar-refractivity contribution in [1.82, 2.24) is 4.90 Å². The van der Waals surface area contributed by atoms with Crippen molar-refractivity contribution in [3.05, 3.63) is 28.5 Å². The molecule has 1 fully saturated rings. The lowest BCUT2D eigenvalue weighted by atomic mass is 10.2. The Hall–Kier alpha value is -0.610. The summed E-state index contributed by atoms with van der Waals surface area (Å²) in [6.07, 6.45) is 0. The molecule has 1 aliphatic rings. The van der Waals surface area contributed by atoms with Gasteiger partial charge in [-0.3, -0.25) is 0 Å². The lowest BCUT2D eigenvalue weighted by molar-refractivity contribution is 0.312. The Morgan fingerprint density at radius 3 is 2.53 bits per heavy atom. The molecule has 1 aromatic carbocycles. The van der Waals surface area contributed by atoms with Crippen LogP contribution in [0.1, 0.15) is 0 Å². The third-order valence-corrected chi connectivity index (χ3v) is 3.56. The van der Waals surface area contributed by atoms with Gasteiger partial charge in [-0.1, -0.05) is 6.07 Å². The summed E-state index contributed by atoms with van der Waals surface area (Å²) >= 11 is 3.30. The van der Waals surface area contributed by atoms with Gasteiger partial charge < -0.3 is 9.80 Å². The van der Waals surface area contributed by atoms with E-state index in [4.69, 9.17) is 0 Å². The zero-order chi connectivity index (χ0) is 10.8. The second-order valence-electron chi connectivity index (χ2n) is 3.86. The van der Waals surface area contributed by atoms with E-state index in [0.717, 1.165) is 31.9 Å². The molecule has 2 nitrogen and oxygen atoms in total. The fourth-order valence-electron chi connectivity index (χ4n) is 1.78. The van der Waals surface area contributed by atoms with Crippen LogP contribution in [0.5, 0.6) is 0 Å². The smallest absolute Gasteiger partial charge is 0.139 e. The monoisotopic (exact) mass is 272 g/mol. The Kier molecular flexibility index (Phi) is 3.26. The molecule has 0 bridgehead atoms. The van der Waals surface area contributed by atoms with Crippen LogP contribution in [0, 0.1) is 5.82 Å². The van der Waals surface area contributed by atoms with Gasteiger partial charge in [0, 0.05) is 26.2 Å². The normalized spacial score (nSPS) is 18.2. The summed E-state index contributed by atoms with van der Waals surface area (Å²) in [7, 11) is 2.11. The minimum atomic E-state index is -0.188. The van der Waals surface area contributed by atoms with Crippen LogP contribution >= 0.6 is 15.9 Å². The molecule has 4 heteroatoms. The Balaban J connectivity index is 2.19. The third kappa shape index (κ3) is 2.32. The van der Waals surface area contributed by atoms with Crippen molar-refractivity contribution in [1.29, 1.82) is 0 Å². The first-order valence-corrected chi connectivity index (χ1v) is 5.85. The molecule has 0 unspecified atom stereocenters. The number of likely N-dealkylation sites (N-methyl/N-ethyl adjacent to an activating group) is 1. The molecule has 1 saturated heterocycles. The lowest BCUT2D eigenvalue weighted by Gasteiger charge is -2.34. The van der Waals surface area contributed by atoms with E-state index in [0.29, 0.717) is 4.47 Å². The summed E-state index contributed by atoms with van der Waals surface area (Å²) in [5.74, 6) is -0.188. The van der Waals surface area contributed by atoms with Gasteiger partial charge in [-0.05, 0) is 35.1 Å². The zero-order valence-electron chi connectivity index (χ0n) is 8.71. The molecular formula is C11H14BrFN2. The maximum Gasteiger partial charge on any atom is 0.139 e. The molecule has 1 aromatic rings. The Morgan fingerprint density at radius 1 is 1.20 bits per heavy atom. The second kappa shape index (κ2) is 4.49. The van der Waals surface area contributed by atoms with Gasteiger partial charge in [-0.15, -0.1) is 0 Å². The van der Waals surface area contributed by atoms with Gasteiger partial charge in [0.1, 0.15) is 5.82 Å². The van der Waals surface area contributed by atoms with Crippen molar-refractivity contribution in [3.63, 3.8) is 0 Å². The van der Waals surface area contributed by atoms with Crippen LogP contribution in [0.25, 0.3) is 0 Å². The van der Waals surface area contributed by atoms with Crippen LogP contribution in [0.2, 0.25) is 0 Å². The van der Waals surface area contributed by atoms with Crippen LogP contribution in [0.15, 0.2) is 22.7 Å². The molecule has 0 amide bonds. The molecule has 0 atom stereocenters. The van der Waals surface area contributed by atoms with Crippen LogP contribution in [0.3, 0.4) is 0 Å². The SMILES string of the molecule is CN1CCN(c2cccc(F)c2Br)CC1. The topological polar surface area (TPSA) is 6.48 Å². The van der Waals surface area contributed by atoms with E-state index in [9.17, 15) is 4.39 Å². The maximum absolute atomic E-state index is 13.3. The fourth-order valence-corrected chi connectivity index (χ4v) is 2.30.